The number of ether oxygens (including phenoxy) is 1. The van der Waals surface area contributed by atoms with E-state index in [4.69, 9.17) is 4.74 Å². The summed E-state index contributed by atoms with van der Waals surface area (Å²) in [5.41, 5.74) is 1.71. The Hall–Kier alpha value is -2.14. The van der Waals surface area contributed by atoms with E-state index in [1.54, 1.807) is 19.1 Å². The van der Waals surface area contributed by atoms with Crippen LogP contribution in [0.1, 0.15) is 18.1 Å². The Morgan fingerprint density at radius 3 is 2.50 bits per heavy atom. The van der Waals surface area contributed by atoms with Crippen LogP contribution < -0.4 is 0 Å². The van der Waals surface area contributed by atoms with Crippen LogP contribution in [0.5, 0.6) is 0 Å². The second-order valence-electron chi connectivity index (χ2n) is 5.05. The van der Waals surface area contributed by atoms with Gasteiger partial charge in [0.2, 0.25) is 10.8 Å². The number of carbonyl (C=O) groups excluding carboxylic acids is 1. The van der Waals surface area contributed by atoms with Gasteiger partial charge in [-0.2, -0.15) is 4.99 Å². The van der Waals surface area contributed by atoms with E-state index in [1.807, 2.05) is 30.3 Å². The Kier molecular flexibility index (Phi) is 3.98. The van der Waals surface area contributed by atoms with Crippen molar-refractivity contribution < 1.29 is 13.9 Å². The van der Waals surface area contributed by atoms with E-state index in [-0.39, 0.29) is 17.6 Å². The fraction of sp³-hybridized carbons (Fsp3) is 0.176. The van der Waals surface area contributed by atoms with E-state index < -0.39 is 4.93 Å². The average Bonchev–Trinajstić information content (AvgIpc) is 2.83. The lowest BCUT2D eigenvalue weighted by molar-refractivity contribution is -0.123. The van der Waals surface area contributed by atoms with E-state index >= 15 is 0 Å². The molecule has 0 unspecified atom stereocenters. The summed E-state index contributed by atoms with van der Waals surface area (Å²) in [5.74, 6) is 0.227. The van der Waals surface area contributed by atoms with Gasteiger partial charge in [-0.3, -0.25) is 4.79 Å². The zero-order valence-electron chi connectivity index (χ0n) is 12.0. The molecule has 3 rings (SSSR count). The third kappa shape index (κ3) is 3.04. The summed E-state index contributed by atoms with van der Waals surface area (Å²) in [4.78, 5) is 15.1. The molecule has 3 nitrogen and oxygen atoms in total. The van der Waals surface area contributed by atoms with Crippen molar-refractivity contribution in [1.82, 2.24) is 0 Å². The highest BCUT2D eigenvalue weighted by Gasteiger charge is 2.43. The molecule has 0 saturated carbocycles. The molecule has 1 atom stereocenters. The zero-order chi connectivity index (χ0) is 15.6. The molecule has 0 bridgehead atoms. The van der Waals surface area contributed by atoms with E-state index in [0.717, 1.165) is 5.56 Å². The van der Waals surface area contributed by atoms with Gasteiger partial charge < -0.3 is 4.74 Å². The number of nitrogens with zero attached hydrogens (tertiary/aromatic N) is 1. The van der Waals surface area contributed by atoms with Crippen LogP contribution in [0, 0.1) is 5.82 Å². The molecule has 0 aromatic heterocycles. The molecule has 1 amide bonds. The number of rotatable bonds is 4. The maximum Gasteiger partial charge on any atom is 0.303 e. The van der Waals surface area contributed by atoms with Gasteiger partial charge in [-0.1, -0.05) is 30.3 Å². The number of hydrogen-bond acceptors (Lipinski definition) is 3. The van der Waals surface area contributed by atoms with Crippen molar-refractivity contribution in [2.75, 3.05) is 0 Å². The molecule has 1 aliphatic rings. The van der Waals surface area contributed by atoms with Crippen LogP contribution in [0.4, 0.5) is 4.39 Å². The van der Waals surface area contributed by atoms with Crippen LogP contribution in [-0.2, 0) is 15.3 Å². The molecule has 0 radical (unpaired) electrons. The molecule has 0 saturated heterocycles. The highest BCUT2D eigenvalue weighted by atomic mass is 32.2. The Balaban J connectivity index is 1.71. The smallest absolute Gasteiger partial charge is 0.303 e. The van der Waals surface area contributed by atoms with Crippen LogP contribution in [0.25, 0.3) is 0 Å². The van der Waals surface area contributed by atoms with Gasteiger partial charge in [-0.25, -0.2) is 4.39 Å². The van der Waals surface area contributed by atoms with Crippen molar-refractivity contribution >= 4 is 23.6 Å². The van der Waals surface area contributed by atoms with E-state index in [9.17, 15) is 9.18 Å². The molecule has 0 spiro atoms. The van der Waals surface area contributed by atoms with Crippen molar-refractivity contribution in [3.63, 3.8) is 0 Å². The monoisotopic (exact) mass is 315 g/mol. The third-order valence-electron chi connectivity index (χ3n) is 3.33. The van der Waals surface area contributed by atoms with E-state index in [2.05, 4.69) is 4.99 Å². The standard InChI is InChI=1S/C17H14FNO2S/c1-17(22-11-12-5-3-2-4-6-12)16(20)19-15(21-17)13-7-9-14(18)10-8-13/h2-10H,11H2,1H3/t17-/m0/s1. The summed E-state index contributed by atoms with van der Waals surface area (Å²) in [5, 5.41) is 0. The van der Waals surface area contributed by atoms with Crippen LogP contribution in [0.15, 0.2) is 59.6 Å². The molecule has 22 heavy (non-hydrogen) atoms. The molecule has 0 aliphatic carbocycles. The van der Waals surface area contributed by atoms with Gasteiger partial charge in [0.15, 0.2) is 0 Å². The van der Waals surface area contributed by atoms with Crippen LogP contribution in [0.2, 0.25) is 0 Å². The molecular formula is C17H14FNO2S. The minimum absolute atomic E-state index is 0.244. The van der Waals surface area contributed by atoms with Gasteiger partial charge in [0.05, 0.1) is 0 Å². The van der Waals surface area contributed by atoms with Crippen LogP contribution >= 0.6 is 11.8 Å². The molecule has 1 aliphatic heterocycles. The number of carbonyl (C=O) groups is 1. The normalized spacial score (nSPS) is 20.6. The fourth-order valence-corrected chi connectivity index (χ4v) is 2.99. The second kappa shape index (κ2) is 5.93. The minimum Gasteiger partial charge on any atom is -0.450 e. The lowest BCUT2D eigenvalue weighted by Crippen LogP contribution is -2.29. The minimum atomic E-state index is -1.04. The predicted molar refractivity (Wildman–Crippen MR) is 85.2 cm³/mol. The summed E-state index contributed by atoms with van der Waals surface area (Å²) in [7, 11) is 0. The molecule has 5 heteroatoms. The largest absolute Gasteiger partial charge is 0.450 e. The van der Waals surface area contributed by atoms with Gasteiger partial charge in [0, 0.05) is 11.3 Å². The Bertz CT molecular complexity index is 715. The molecule has 2 aromatic rings. The first-order chi connectivity index (χ1) is 10.6. The summed E-state index contributed by atoms with van der Waals surface area (Å²) in [6, 6.07) is 15.6. The lowest BCUT2D eigenvalue weighted by Gasteiger charge is -2.21. The molecule has 112 valence electrons. The van der Waals surface area contributed by atoms with E-state index in [0.29, 0.717) is 11.3 Å². The lowest BCUT2D eigenvalue weighted by atomic mass is 10.2. The molecule has 2 aromatic carbocycles. The van der Waals surface area contributed by atoms with Crippen molar-refractivity contribution in [2.24, 2.45) is 4.99 Å². The topological polar surface area (TPSA) is 38.7 Å². The molecular weight excluding hydrogens is 301 g/mol. The number of thioether (sulfide) groups is 1. The highest BCUT2D eigenvalue weighted by Crippen LogP contribution is 2.36. The Labute approximate surface area is 132 Å². The van der Waals surface area contributed by atoms with Crippen LogP contribution in [-0.4, -0.2) is 16.7 Å². The summed E-state index contributed by atoms with van der Waals surface area (Å²) < 4.78 is 18.7. The third-order valence-corrected chi connectivity index (χ3v) is 4.62. The Morgan fingerprint density at radius 1 is 1.14 bits per heavy atom. The zero-order valence-corrected chi connectivity index (χ0v) is 12.8. The van der Waals surface area contributed by atoms with Gasteiger partial charge in [-0.05, 0) is 36.8 Å². The molecule has 1 heterocycles. The average molecular weight is 315 g/mol. The SMILES string of the molecule is C[C@@]1(SCc2ccccc2)OC(c2ccc(F)cc2)=NC1=O. The van der Waals surface area contributed by atoms with Gasteiger partial charge in [0.1, 0.15) is 5.82 Å². The number of aliphatic imine (C=N–C) groups is 1. The Morgan fingerprint density at radius 2 is 1.82 bits per heavy atom. The quantitative estimate of drug-likeness (QED) is 0.862. The van der Waals surface area contributed by atoms with Gasteiger partial charge in [0.25, 0.3) is 0 Å². The predicted octanol–water partition coefficient (Wildman–Crippen LogP) is 3.78. The number of halogens is 1. The number of benzene rings is 2. The van der Waals surface area contributed by atoms with Crippen molar-refractivity contribution in [1.29, 1.82) is 0 Å². The van der Waals surface area contributed by atoms with E-state index in [1.165, 1.54) is 23.9 Å². The van der Waals surface area contributed by atoms with Gasteiger partial charge >= 0.3 is 5.91 Å². The maximum atomic E-state index is 13.0. The van der Waals surface area contributed by atoms with Crippen molar-refractivity contribution in [2.45, 2.75) is 17.6 Å². The molecule has 0 fully saturated rings. The van der Waals surface area contributed by atoms with Crippen molar-refractivity contribution in [3.05, 3.63) is 71.5 Å². The summed E-state index contributed by atoms with van der Waals surface area (Å²) in [6.07, 6.45) is 0. The number of hydrogen-bond donors (Lipinski definition) is 0. The highest BCUT2D eigenvalue weighted by molar-refractivity contribution is 8.00. The summed E-state index contributed by atoms with van der Waals surface area (Å²) >= 11 is 1.39. The fourth-order valence-electron chi connectivity index (χ4n) is 2.05. The first-order valence-corrected chi connectivity index (χ1v) is 7.81. The first-order valence-electron chi connectivity index (χ1n) is 6.83. The maximum absolute atomic E-state index is 13.0. The first kappa shape index (κ1) is 14.8. The number of amides is 1. The molecule has 0 N–H and O–H groups in total. The van der Waals surface area contributed by atoms with Gasteiger partial charge in [-0.15, -0.1) is 11.8 Å². The summed E-state index contributed by atoms with van der Waals surface area (Å²) in [6.45, 7) is 1.71. The van der Waals surface area contributed by atoms with Crippen molar-refractivity contribution in [3.8, 4) is 0 Å². The second-order valence-corrected chi connectivity index (χ2v) is 6.41. The van der Waals surface area contributed by atoms with Crippen LogP contribution in [0.3, 0.4) is 0 Å².